The first-order valence-corrected chi connectivity index (χ1v) is 6.46. The quantitative estimate of drug-likeness (QED) is 0.839. The third kappa shape index (κ3) is 3.01. The van der Waals surface area contributed by atoms with Gasteiger partial charge in [0.05, 0.1) is 6.54 Å². The van der Waals surface area contributed by atoms with E-state index < -0.39 is 0 Å². The second kappa shape index (κ2) is 5.87. The molecule has 0 aliphatic carbocycles. The van der Waals surface area contributed by atoms with E-state index in [1.54, 1.807) is 0 Å². The minimum Gasteiger partial charge on any atom is -0.362 e. The Bertz CT molecular complexity index is 431. The lowest BCUT2D eigenvalue weighted by atomic mass is 10.1. The molecule has 1 aliphatic heterocycles. The van der Waals surface area contributed by atoms with Crippen LogP contribution in [0.3, 0.4) is 0 Å². The Morgan fingerprint density at radius 2 is 2.28 bits per heavy atom. The minimum atomic E-state index is 0.115. The van der Waals surface area contributed by atoms with Crippen molar-refractivity contribution >= 4 is 11.6 Å². The number of hydrogen-bond donors (Lipinski definition) is 2. The van der Waals surface area contributed by atoms with Gasteiger partial charge >= 0.3 is 0 Å². The fraction of sp³-hybridized carbons (Fsp3) is 0.500. The van der Waals surface area contributed by atoms with Crippen molar-refractivity contribution in [3.8, 4) is 0 Å². The molecule has 1 aliphatic rings. The third-order valence-electron chi connectivity index (χ3n) is 3.32. The molecule has 1 amide bonds. The van der Waals surface area contributed by atoms with E-state index in [1.807, 2.05) is 7.05 Å². The van der Waals surface area contributed by atoms with E-state index in [1.165, 1.54) is 11.1 Å². The lowest BCUT2D eigenvalue weighted by Gasteiger charge is -2.22. The standard InChI is InChI=1S/C14H21N3O/c1-11-8-13(5-4-12(11)9-15-2)17-7-3-6-16-14(18)10-17/h4-5,8,15H,3,6-7,9-10H2,1-2H3,(H,16,18). The van der Waals surface area contributed by atoms with E-state index in [2.05, 4.69) is 40.7 Å². The molecule has 0 aromatic heterocycles. The Labute approximate surface area is 108 Å². The van der Waals surface area contributed by atoms with Gasteiger partial charge in [0.15, 0.2) is 0 Å². The average molecular weight is 247 g/mol. The van der Waals surface area contributed by atoms with Crippen molar-refractivity contribution in [3.05, 3.63) is 29.3 Å². The van der Waals surface area contributed by atoms with Crippen LogP contribution in [0.4, 0.5) is 5.69 Å². The van der Waals surface area contributed by atoms with Crippen molar-refractivity contribution in [2.45, 2.75) is 19.9 Å². The molecule has 1 heterocycles. The predicted molar refractivity (Wildman–Crippen MR) is 73.8 cm³/mol. The number of benzene rings is 1. The van der Waals surface area contributed by atoms with Crippen molar-refractivity contribution in [1.82, 2.24) is 10.6 Å². The van der Waals surface area contributed by atoms with E-state index in [4.69, 9.17) is 0 Å². The molecule has 4 heteroatoms. The van der Waals surface area contributed by atoms with Crippen LogP contribution in [0.5, 0.6) is 0 Å². The number of amides is 1. The molecule has 1 aromatic carbocycles. The van der Waals surface area contributed by atoms with Gasteiger partial charge in [0.25, 0.3) is 0 Å². The van der Waals surface area contributed by atoms with Gasteiger partial charge in [-0.2, -0.15) is 0 Å². The summed E-state index contributed by atoms with van der Waals surface area (Å²) < 4.78 is 0. The van der Waals surface area contributed by atoms with E-state index in [9.17, 15) is 4.79 Å². The molecular formula is C14H21N3O. The van der Waals surface area contributed by atoms with Crippen LogP contribution in [0.1, 0.15) is 17.5 Å². The van der Waals surface area contributed by atoms with Crippen molar-refractivity contribution in [2.24, 2.45) is 0 Å². The highest BCUT2D eigenvalue weighted by molar-refractivity contribution is 5.81. The molecule has 2 rings (SSSR count). The smallest absolute Gasteiger partial charge is 0.239 e. The molecule has 0 bridgehead atoms. The van der Waals surface area contributed by atoms with Crippen LogP contribution < -0.4 is 15.5 Å². The van der Waals surface area contributed by atoms with Crippen LogP contribution in [0.2, 0.25) is 0 Å². The Morgan fingerprint density at radius 1 is 1.44 bits per heavy atom. The Hall–Kier alpha value is -1.55. The third-order valence-corrected chi connectivity index (χ3v) is 3.32. The lowest BCUT2D eigenvalue weighted by Crippen LogP contribution is -2.33. The number of aryl methyl sites for hydroxylation is 1. The van der Waals surface area contributed by atoms with Crippen LogP contribution >= 0.6 is 0 Å². The van der Waals surface area contributed by atoms with Gasteiger partial charge in [-0.15, -0.1) is 0 Å². The summed E-state index contributed by atoms with van der Waals surface area (Å²) in [6.07, 6.45) is 1.00. The molecule has 0 atom stereocenters. The highest BCUT2D eigenvalue weighted by Crippen LogP contribution is 2.20. The SMILES string of the molecule is CNCc1ccc(N2CCCNC(=O)C2)cc1C. The molecule has 1 fully saturated rings. The molecule has 4 nitrogen and oxygen atoms in total. The molecule has 0 saturated carbocycles. The fourth-order valence-corrected chi connectivity index (χ4v) is 2.29. The molecule has 0 unspecified atom stereocenters. The second-order valence-corrected chi connectivity index (χ2v) is 4.77. The van der Waals surface area contributed by atoms with Crippen molar-refractivity contribution in [1.29, 1.82) is 0 Å². The summed E-state index contributed by atoms with van der Waals surface area (Å²) in [4.78, 5) is 13.7. The van der Waals surface area contributed by atoms with Crippen molar-refractivity contribution in [3.63, 3.8) is 0 Å². The molecule has 2 N–H and O–H groups in total. The summed E-state index contributed by atoms with van der Waals surface area (Å²) in [5.41, 5.74) is 3.72. The molecule has 0 spiro atoms. The number of nitrogens with one attached hydrogen (secondary N) is 2. The summed E-state index contributed by atoms with van der Waals surface area (Å²) in [5.74, 6) is 0.115. The van der Waals surface area contributed by atoms with E-state index in [-0.39, 0.29) is 5.91 Å². The van der Waals surface area contributed by atoms with Crippen molar-refractivity contribution < 1.29 is 4.79 Å². The first kappa shape index (κ1) is 12.9. The number of rotatable bonds is 3. The topological polar surface area (TPSA) is 44.4 Å². The molecule has 98 valence electrons. The molecular weight excluding hydrogens is 226 g/mol. The van der Waals surface area contributed by atoms with Crippen LogP contribution in [0.15, 0.2) is 18.2 Å². The molecule has 1 aromatic rings. The van der Waals surface area contributed by atoms with E-state index in [0.29, 0.717) is 6.54 Å². The van der Waals surface area contributed by atoms with Crippen molar-refractivity contribution in [2.75, 3.05) is 31.6 Å². The van der Waals surface area contributed by atoms with E-state index >= 15 is 0 Å². The van der Waals surface area contributed by atoms with Gasteiger partial charge in [0, 0.05) is 25.3 Å². The zero-order valence-corrected chi connectivity index (χ0v) is 11.1. The summed E-state index contributed by atoms with van der Waals surface area (Å²) >= 11 is 0. The predicted octanol–water partition coefficient (Wildman–Crippen LogP) is 1.04. The molecule has 18 heavy (non-hydrogen) atoms. The minimum absolute atomic E-state index is 0.115. The zero-order valence-electron chi connectivity index (χ0n) is 11.1. The maximum atomic E-state index is 11.6. The van der Waals surface area contributed by atoms with Gasteiger partial charge in [0.1, 0.15) is 0 Å². The number of carbonyl (C=O) groups is 1. The monoisotopic (exact) mass is 247 g/mol. The summed E-state index contributed by atoms with van der Waals surface area (Å²) in [5, 5.41) is 6.06. The maximum Gasteiger partial charge on any atom is 0.239 e. The van der Waals surface area contributed by atoms with Crippen LogP contribution in [-0.4, -0.2) is 32.6 Å². The van der Waals surface area contributed by atoms with Gasteiger partial charge in [-0.05, 0) is 43.7 Å². The summed E-state index contributed by atoms with van der Waals surface area (Å²) in [7, 11) is 1.95. The van der Waals surface area contributed by atoms with Gasteiger partial charge in [-0.1, -0.05) is 6.07 Å². The van der Waals surface area contributed by atoms with E-state index in [0.717, 1.165) is 31.7 Å². The van der Waals surface area contributed by atoms with Gasteiger partial charge in [-0.3, -0.25) is 4.79 Å². The first-order chi connectivity index (χ1) is 8.70. The number of carbonyl (C=O) groups excluding carboxylic acids is 1. The highest BCUT2D eigenvalue weighted by atomic mass is 16.2. The first-order valence-electron chi connectivity index (χ1n) is 6.46. The second-order valence-electron chi connectivity index (χ2n) is 4.77. The Morgan fingerprint density at radius 3 is 3.00 bits per heavy atom. The maximum absolute atomic E-state index is 11.6. The molecule has 1 saturated heterocycles. The number of nitrogens with zero attached hydrogens (tertiary/aromatic N) is 1. The van der Waals surface area contributed by atoms with Crippen LogP contribution in [0, 0.1) is 6.92 Å². The van der Waals surface area contributed by atoms with Crippen LogP contribution in [-0.2, 0) is 11.3 Å². The highest BCUT2D eigenvalue weighted by Gasteiger charge is 2.15. The zero-order chi connectivity index (χ0) is 13.0. The summed E-state index contributed by atoms with van der Waals surface area (Å²) in [6.45, 7) is 5.18. The van der Waals surface area contributed by atoms with Gasteiger partial charge in [0.2, 0.25) is 5.91 Å². The number of hydrogen-bond acceptors (Lipinski definition) is 3. The Kier molecular flexibility index (Phi) is 4.20. The molecule has 0 radical (unpaired) electrons. The lowest BCUT2D eigenvalue weighted by molar-refractivity contribution is -0.119. The van der Waals surface area contributed by atoms with Gasteiger partial charge in [-0.25, -0.2) is 0 Å². The average Bonchev–Trinajstić information content (AvgIpc) is 2.57. The van der Waals surface area contributed by atoms with Gasteiger partial charge < -0.3 is 15.5 Å². The normalized spacial score (nSPS) is 16.3. The van der Waals surface area contributed by atoms with Crippen LogP contribution in [0.25, 0.3) is 0 Å². The summed E-state index contributed by atoms with van der Waals surface area (Å²) in [6, 6.07) is 6.42. The number of anilines is 1. The largest absolute Gasteiger partial charge is 0.362 e. The fourth-order valence-electron chi connectivity index (χ4n) is 2.29. The Balaban J connectivity index is 2.17.